The van der Waals surface area contributed by atoms with Gasteiger partial charge in [-0.1, -0.05) is 0 Å². The number of rotatable bonds is 2. The van der Waals surface area contributed by atoms with Crippen LogP contribution in [0.15, 0.2) is 12.1 Å². The minimum atomic E-state index is -4.63. The van der Waals surface area contributed by atoms with Gasteiger partial charge in [0.2, 0.25) is 0 Å². The van der Waals surface area contributed by atoms with Gasteiger partial charge in [0, 0.05) is 35.4 Å². The van der Waals surface area contributed by atoms with Gasteiger partial charge in [-0.05, 0) is 12.1 Å². The van der Waals surface area contributed by atoms with E-state index in [1.807, 2.05) is 0 Å². The number of carboxylic acid groups (broad SMARTS) is 1. The molecule has 1 fully saturated rings. The number of carboxylic acids is 1. The molecule has 2 rings (SSSR count). The lowest BCUT2D eigenvalue weighted by Crippen LogP contribution is -2.39. The smallest absolute Gasteiger partial charge is 0.433 e. The van der Waals surface area contributed by atoms with E-state index >= 15 is 0 Å². The van der Waals surface area contributed by atoms with Crippen molar-refractivity contribution in [3.8, 4) is 0 Å². The van der Waals surface area contributed by atoms with Crippen molar-refractivity contribution in [2.24, 2.45) is 0 Å². The second-order valence-corrected chi connectivity index (χ2v) is 5.90. The fraction of sp³-hybridized carbons (Fsp3) is 0.455. The standard InChI is InChI=1S/C11H11F3N2O3S/c12-11(13,14)8-2-1-7(10(17)18)9(15-8)16-3-5-20(19)6-4-16/h1-2H,3-6H2,(H,17,18). The molecule has 1 saturated heterocycles. The number of aromatic nitrogens is 1. The molecule has 2 heterocycles. The summed E-state index contributed by atoms with van der Waals surface area (Å²) in [6.07, 6.45) is -4.63. The zero-order chi connectivity index (χ0) is 14.9. The van der Waals surface area contributed by atoms with Crippen LogP contribution in [0.4, 0.5) is 19.0 Å². The molecule has 0 bridgehead atoms. The molecule has 9 heteroatoms. The number of anilines is 1. The maximum absolute atomic E-state index is 12.7. The van der Waals surface area contributed by atoms with Crippen molar-refractivity contribution in [1.29, 1.82) is 0 Å². The largest absolute Gasteiger partial charge is 0.478 e. The average Bonchev–Trinajstić information content (AvgIpc) is 2.37. The summed E-state index contributed by atoms with van der Waals surface area (Å²) in [5.74, 6) is -0.981. The first kappa shape index (κ1) is 14.8. The summed E-state index contributed by atoms with van der Waals surface area (Å²) in [7, 11) is -1.01. The number of hydrogen-bond donors (Lipinski definition) is 1. The van der Waals surface area contributed by atoms with E-state index in [-0.39, 0.29) is 36.0 Å². The second kappa shape index (κ2) is 5.39. The molecule has 0 spiro atoms. The first-order valence-corrected chi connectivity index (χ1v) is 7.19. The van der Waals surface area contributed by atoms with Gasteiger partial charge < -0.3 is 10.0 Å². The fourth-order valence-corrected chi connectivity index (χ4v) is 2.92. The first-order chi connectivity index (χ1) is 9.29. The number of hydrogen-bond acceptors (Lipinski definition) is 4. The van der Waals surface area contributed by atoms with Crippen molar-refractivity contribution in [2.45, 2.75) is 6.18 Å². The second-order valence-electron chi connectivity index (χ2n) is 4.21. The Balaban J connectivity index is 2.42. The molecule has 1 aromatic heterocycles. The topological polar surface area (TPSA) is 70.5 Å². The van der Waals surface area contributed by atoms with Crippen molar-refractivity contribution in [1.82, 2.24) is 4.98 Å². The molecule has 0 amide bonds. The normalized spacial score (nSPS) is 17.2. The molecule has 0 aliphatic carbocycles. The number of aromatic carboxylic acids is 1. The maximum Gasteiger partial charge on any atom is 0.433 e. The Morgan fingerprint density at radius 3 is 2.40 bits per heavy atom. The van der Waals surface area contributed by atoms with Crippen LogP contribution in [0.25, 0.3) is 0 Å². The molecule has 20 heavy (non-hydrogen) atoms. The van der Waals surface area contributed by atoms with Gasteiger partial charge in [-0.25, -0.2) is 9.78 Å². The number of halogens is 3. The van der Waals surface area contributed by atoms with Crippen LogP contribution in [0.1, 0.15) is 16.1 Å². The van der Waals surface area contributed by atoms with Gasteiger partial charge in [0.05, 0.1) is 0 Å². The predicted octanol–water partition coefficient (Wildman–Crippen LogP) is 1.37. The third-order valence-electron chi connectivity index (χ3n) is 2.87. The third kappa shape index (κ3) is 3.09. The van der Waals surface area contributed by atoms with Crippen molar-refractivity contribution < 1.29 is 27.3 Å². The molecule has 110 valence electrons. The third-order valence-corrected chi connectivity index (χ3v) is 4.15. The molecule has 0 aromatic carbocycles. The summed E-state index contributed by atoms with van der Waals surface area (Å²) >= 11 is 0. The van der Waals surface area contributed by atoms with Crippen LogP contribution < -0.4 is 4.90 Å². The molecule has 0 unspecified atom stereocenters. The van der Waals surface area contributed by atoms with Crippen molar-refractivity contribution >= 4 is 22.6 Å². The molecule has 0 radical (unpaired) electrons. The Bertz CT molecular complexity index is 552. The lowest BCUT2D eigenvalue weighted by Gasteiger charge is -2.28. The van der Waals surface area contributed by atoms with Crippen LogP contribution >= 0.6 is 0 Å². The van der Waals surface area contributed by atoms with Crippen molar-refractivity contribution in [3.05, 3.63) is 23.4 Å². The van der Waals surface area contributed by atoms with E-state index < -0.39 is 28.6 Å². The Hall–Kier alpha value is -1.64. The minimum Gasteiger partial charge on any atom is -0.478 e. The van der Waals surface area contributed by atoms with Gasteiger partial charge in [0.1, 0.15) is 17.1 Å². The summed E-state index contributed by atoms with van der Waals surface area (Å²) in [5, 5.41) is 9.03. The zero-order valence-corrected chi connectivity index (χ0v) is 11.0. The number of pyridine rings is 1. The van der Waals surface area contributed by atoms with Crippen LogP contribution in [0.2, 0.25) is 0 Å². The highest BCUT2D eigenvalue weighted by atomic mass is 32.2. The summed E-state index contributed by atoms with van der Waals surface area (Å²) in [6, 6.07) is 1.55. The zero-order valence-electron chi connectivity index (χ0n) is 10.2. The summed E-state index contributed by atoms with van der Waals surface area (Å²) in [4.78, 5) is 15.9. The van der Waals surface area contributed by atoms with Gasteiger partial charge in [-0.15, -0.1) is 0 Å². The van der Waals surface area contributed by atoms with E-state index in [0.717, 1.165) is 6.07 Å². The van der Waals surface area contributed by atoms with Gasteiger partial charge >= 0.3 is 12.1 Å². The maximum atomic E-state index is 12.7. The van der Waals surface area contributed by atoms with Crippen LogP contribution in [0.3, 0.4) is 0 Å². The van der Waals surface area contributed by atoms with E-state index in [2.05, 4.69) is 4.98 Å². The van der Waals surface area contributed by atoms with Gasteiger partial charge in [0.25, 0.3) is 0 Å². The predicted molar refractivity (Wildman–Crippen MR) is 66.3 cm³/mol. The van der Waals surface area contributed by atoms with Crippen LogP contribution in [0, 0.1) is 0 Å². The van der Waals surface area contributed by atoms with E-state index in [1.165, 1.54) is 4.90 Å². The highest BCUT2D eigenvalue weighted by Crippen LogP contribution is 2.30. The average molecular weight is 308 g/mol. The van der Waals surface area contributed by atoms with E-state index in [9.17, 15) is 22.2 Å². The Morgan fingerprint density at radius 2 is 1.90 bits per heavy atom. The molecule has 0 saturated carbocycles. The summed E-state index contributed by atoms with van der Waals surface area (Å²) < 4.78 is 49.2. The summed E-state index contributed by atoms with van der Waals surface area (Å²) in [5.41, 5.74) is -1.42. The van der Waals surface area contributed by atoms with Crippen LogP contribution in [-0.2, 0) is 17.0 Å². The molecular weight excluding hydrogens is 297 g/mol. The monoisotopic (exact) mass is 308 g/mol. The lowest BCUT2D eigenvalue weighted by atomic mass is 10.2. The van der Waals surface area contributed by atoms with Gasteiger partial charge in [0.15, 0.2) is 0 Å². The molecular formula is C11H11F3N2O3S. The van der Waals surface area contributed by atoms with Gasteiger partial charge in [-0.3, -0.25) is 4.21 Å². The highest BCUT2D eigenvalue weighted by Gasteiger charge is 2.34. The van der Waals surface area contributed by atoms with E-state index in [1.54, 1.807) is 0 Å². The van der Waals surface area contributed by atoms with Crippen LogP contribution in [0.5, 0.6) is 0 Å². The lowest BCUT2D eigenvalue weighted by molar-refractivity contribution is -0.141. The fourth-order valence-electron chi connectivity index (χ4n) is 1.86. The SMILES string of the molecule is O=C(O)c1ccc(C(F)(F)F)nc1N1CCS(=O)CC1. The van der Waals surface area contributed by atoms with Gasteiger partial charge in [-0.2, -0.15) is 13.2 Å². The Kier molecular flexibility index (Phi) is 3.98. The van der Waals surface area contributed by atoms with Crippen molar-refractivity contribution in [3.63, 3.8) is 0 Å². The number of alkyl halides is 3. The molecule has 0 atom stereocenters. The quantitative estimate of drug-likeness (QED) is 0.893. The molecule has 1 aromatic rings. The molecule has 5 nitrogen and oxygen atoms in total. The summed E-state index contributed by atoms with van der Waals surface area (Å²) in [6.45, 7) is 0.447. The highest BCUT2D eigenvalue weighted by molar-refractivity contribution is 7.85. The van der Waals surface area contributed by atoms with Crippen molar-refractivity contribution in [2.75, 3.05) is 29.5 Å². The minimum absolute atomic E-state index is 0.218. The number of carbonyl (C=O) groups is 1. The van der Waals surface area contributed by atoms with Crippen LogP contribution in [-0.4, -0.2) is 44.9 Å². The first-order valence-electron chi connectivity index (χ1n) is 5.70. The van der Waals surface area contributed by atoms with E-state index in [4.69, 9.17) is 5.11 Å². The molecule has 1 aliphatic heterocycles. The Labute approximate surface area is 114 Å². The molecule has 1 aliphatic rings. The Morgan fingerprint density at radius 1 is 1.30 bits per heavy atom. The van der Waals surface area contributed by atoms with E-state index in [0.29, 0.717) is 6.07 Å². The molecule has 1 N–H and O–H groups in total. The number of nitrogens with zero attached hydrogens (tertiary/aromatic N) is 2.